The van der Waals surface area contributed by atoms with E-state index in [0.29, 0.717) is 32.8 Å². The maximum atomic E-state index is 11.6. The summed E-state index contributed by atoms with van der Waals surface area (Å²) in [6.45, 7) is 6.22. The average molecular weight is 293 g/mol. The highest BCUT2D eigenvalue weighted by atomic mass is 79.9. The number of carbonyl (C=O) groups is 2. The molecule has 5 nitrogen and oxygen atoms in total. The Hall–Kier alpha value is -0.780. The number of hydrogen-bond donors (Lipinski definition) is 0. The molecule has 0 saturated carbocycles. The van der Waals surface area contributed by atoms with Gasteiger partial charge in [0.2, 0.25) is 5.91 Å². The highest BCUT2D eigenvalue weighted by Gasteiger charge is 2.26. The Morgan fingerprint density at radius 1 is 1.25 bits per heavy atom. The number of nitrogens with zero attached hydrogens (tertiary/aromatic N) is 2. The van der Waals surface area contributed by atoms with Crippen molar-refractivity contribution in [3.05, 3.63) is 0 Å². The molecular weight excluding hydrogens is 276 g/mol. The summed E-state index contributed by atoms with van der Waals surface area (Å²) < 4.78 is 4.90. The normalized spacial score (nSPS) is 18.2. The van der Waals surface area contributed by atoms with Crippen LogP contribution in [-0.2, 0) is 9.53 Å². The van der Waals surface area contributed by atoms with Gasteiger partial charge in [-0.3, -0.25) is 4.79 Å². The van der Waals surface area contributed by atoms with Gasteiger partial charge in [0.05, 0.1) is 11.4 Å². The summed E-state index contributed by atoms with van der Waals surface area (Å²) in [6.07, 6.45) is -0.290. The third kappa shape index (κ3) is 3.37. The van der Waals surface area contributed by atoms with Gasteiger partial charge in [0, 0.05) is 26.2 Å². The molecule has 92 valence electrons. The third-order valence-corrected chi connectivity index (χ3v) is 2.85. The van der Waals surface area contributed by atoms with Crippen molar-refractivity contribution in [3.8, 4) is 0 Å². The summed E-state index contributed by atoms with van der Waals surface area (Å²) >= 11 is 3.25. The maximum Gasteiger partial charge on any atom is 0.409 e. The zero-order valence-electron chi connectivity index (χ0n) is 9.61. The summed E-state index contributed by atoms with van der Waals surface area (Å²) in [5.74, 6) is 0.0727. The van der Waals surface area contributed by atoms with Crippen molar-refractivity contribution in [2.24, 2.45) is 0 Å². The van der Waals surface area contributed by atoms with Gasteiger partial charge in [0.1, 0.15) is 0 Å². The SMILES string of the molecule is CCOC(=O)N1CCN(C(=O)C(C)Br)CC1. The van der Waals surface area contributed by atoms with Crippen LogP contribution in [0.15, 0.2) is 0 Å². The lowest BCUT2D eigenvalue weighted by Crippen LogP contribution is -2.52. The number of halogens is 1. The molecule has 0 N–H and O–H groups in total. The van der Waals surface area contributed by atoms with E-state index in [9.17, 15) is 9.59 Å². The van der Waals surface area contributed by atoms with Crippen molar-refractivity contribution in [3.63, 3.8) is 0 Å². The van der Waals surface area contributed by atoms with E-state index >= 15 is 0 Å². The zero-order chi connectivity index (χ0) is 12.1. The monoisotopic (exact) mass is 292 g/mol. The number of piperazine rings is 1. The molecule has 16 heavy (non-hydrogen) atoms. The van der Waals surface area contributed by atoms with Crippen LogP contribution in [0.5, 0.6) is 0 Å². The lowest BCUT2D eigenvalue weighted by atomic mass is 10.3. The Bertz CT molecular complexity index is 263. The van der Waals surface area contributed by atoms with Crippen LogP contribution in [0, 0.1) is 0 Å². The van der Waals surface area contributed by atoms with Gasteiger partial charge >= 0.3 is 6.09 Å². The van der Waals surface area contributed by atoms with Crippen molar-refractivity contribution in [1.29, 1.82) is 0 Å². The second-order valence-electron chi connectivity index (χ2n) is 3.63. The summed E-state index contributed by atoms with van der Waals surface area (Å²) in [7, 11) is 0. The standard InChI is InChI=1S/C10H17BrN2O3/c1-3-16-10(15)13-6-4-12(5-7-13)9(14)8(2)11/h8H,3-7H2,1-2H3. The van der Waals surface area contributed by atoms with Crippen molar-refractivity contribution in [2.75, 3.05) is 32.8 Å². The van der Waals surface area contributed by atoms with E-state index in [1.807, 2.05) is 0 Å². The Kier molecular flexibility index (Phi) is 5.05. The van der Waals surface area contributed by atoms with Crippen LogP contribution in [0.25, 0.3) is 0 Å². The molecule has 6 heteroatoms. The molecule has 0 aromatic carbocycles. The Labute approximate surface area is 104 Å². The van der Waals surface area contributed by atoms with E-state index in [-0.39, 0.29) is 16.8 Å². The van der Waals surface area contributed by atoms with Gasteiger partial charge in [0.15, 0.2) is 0 Å². The van der Waals surface area contributed by atoms with Crippen molar-refractivity contribution < 1.29 is 14.3 Å². The third-order valence-electron chi connectivity index (χ3n) is 2.46. The fourth-order valence-electron chi connectivity index (χ4n) is 1.58. The molecule has 0 radical (unpaired) electrons. The molecule has 1 aliphatic rings. The van der Waals surface area contributed by atoms with Gasteiger partial charge in [-0.15, -0.1) is 0 Å². The molecule has 1 aliphatic heterocycles. The first-order valence-electron chi connectivity index (χ1n) is 5.40. The maximum absolute atomic E-state index is 11.6. The quantitative estimate of drug-likeness (QED) is 0.716. The molecule has 1 saturated heterocycles. The van der Waals surface area contributed by atoms with E-state index in [1.165, 1.54) is 0 Å². The number of alkyl halides is 1. The predicted molar refractivity (Wildman–Crippen MR) is 63.6 cm³/mol. The molecule has 1 heterocycles. The molecule has 0 aliphatic carbocycles. The van der Waals surface area contributed by atoms with E-state index < -0.39 is 0 Å². The first-order valence-corrected chi connectivity index (χ1v) is 6.32. The molecule has 1 unspecified atom stereocenters. The van der Waals surface area contributed by atoms with Crippen LogP contribution in [0.3, 0.4) is 0 Å². The summed E-state index contributed by atoms with van der Waals surface area (Å²) in [5, 5.41) is 0. The first-order chi connectivity index (χ1) is 7.56. The lowest BCUT2D eigenvalue weighted by molar-refractivity contribution is -0.131. The largest absolute Gasteiger partial charge is 0.450 e. The predicted octanol–water partition coefficient (Wildman–Crippen LogP) is 1.07. The average Bonchev–Trinajstić information content (AvgIpc) is 2.28. The molecule has 2 amide bonds. The number of ether oxygens (including phenoxy) is 1. The second-order valence-corrected chi connectivity index (χ2v) is 5.00. The zero-order valence-corrected chi connectivity index (χ0v) is 11.2. The number of amides is 2. The summed E-state index contributed by atoms with van der Waals surface area (Å²) in [6, 6.07) is 0. The number of hydrogen-bond acceptors (Lipinski definition) is 3. The van der Waals surface area contributed by atoms with Gasteiger partial charge < -0.3 is 14.5 Å². The van der Waals surface area contributed by atoms with Gasteiger partial charge in [-0.25, -0.2) is 4.79 Å². The Morgan fingerprint density at radius 2 is 1.75 bits per heavy atom. The molecule has 0 aromatic heterocycles. The molecule has 1 atom stereocenters. The fourth-order valence-corrected chi connectivity index (χ4v) is 1.87. The highest BCUT2D eigenvalue weighted by Crippen LogP contribution is 2.09. The highest BCUT2D eigenvalue weighted by molar-refractivity contribution is 9.10. The molecular formula is C10H17BrN2O3. The minimum absolute atomic E-state index is 0.0727. The topological polar surface area (TPSA) is 49.9 Å². The van der Waals surface area contributed by atoms with Gasteiger partial charge in [-0.2, -0.15) is 0 Å². The second kappa shape index (κ2) is 6.08. The lowest BCUT2D eigenvalue weighted by Gasteiger charge is -2.34. The van der Waals surface area contributed by atoms with Gasteiger partial charge in [-0.05, 0) is 13.8 Å². The van der Waals surface area contributed by atoms with Gasteiger partial charge in [0.25, 0.3) is 0 Å². The molecule has 0 bridgehead atoms. The van der Waals surface area contributed by atoms with E-state index in [1.54, 1.807) is 23.6 Å². The Balaban J connectivity index is 2.39. The van der Waals surface area contributed by atoms with Crippen LogP contribution in [0.1, 0.15) is 13.8 Å². The number of carbonyl (C=O) groups excluding carboxylic acids is 2. The Morgan fingerprint density at radius 3 is 2.19 bits per heavy atom. The van der Waals surface area contributed by atoms with Crippen LogP contribution in [0.2, 0.25) is 0 Å². The molecule has 1 rings (SSSR count). The fraction of sp³-hybridized carbons (Fsp3) is 0.800. The molecule has 1 fully saturated rings. The van der Waals surface area contributed by atoms with Gasteiger partial charge in [-0.1, -0.05) is 15.9 Å². The van der Waals surface area contributed by atoms with Crippen molar-refractivity contribution in [1.82, 2.24) is 9.80 Å². The van der Waals surface area contributed by atoms with Crippen molar-refractivity contribution in [2.45, 2.75) is 18.7 Å². The van der Waals surface area contributed by atoms with Crippen LogP contribution in [0.4, 0.5) is 4.79 Å². The molecule has 0 spiro atoms. The van der Waals surface area contributed by atoms with Crippen LogP contribution < -0.4 is 0 Å². The minimum atomic E-state index is -0.290. The first kappa shape index (κ1) is 13.3. The van der Waals surface area contributed by atoms with E-state index in [0.717, 1.165) is 0 Å². The van der Waals surface area contributed by atoms with E-state index in [2.05, 4.69) is 15.9 Å². The number of rotatable bonds is 2. The smallest absolute Gasteiger partial charge is 0.409 e. The minimum Gasteiger partial charge on any atom is -0.450 e. The van der Waals surface area contributed by atoms with E-state index in [4.69, 9.17) is 4.74 Å². The van der Waals surface area contributed by atoms with Crippen LogP contribution >= 0.6 is 15.9 Å². The molecule has 0 aromatic rings. The summed E-state index contributed by atoms with van der Waals surface area (Å²) in [4.78, 5) is 26.3. The summed E-state index contributed by atoms with van der Waals surface area (Å²) in [5.41, 5.74) is 0. The van der Waals surface area contributed by atoms with Crippen LogP contribution in [-0.4, -0.2) is 59.4 Å². The van der Waals surface area contributed by atoms with Crippen molar-refractivity contribution >= 4 is 27.9 Å².